The van der Waals surface area contributed by atoms with Crippen LogP contribution in [-0.2, 0) is 0 Å². The molecule has 2 rings (SSSR count). The highest BCUT2D eigenvalue weighted by Gasteiger charge is 2.32. The van der Waals surface area contributed by atoms with Crippen LogP contribution in [0.1, 0.15) is 50.8 Å². The second kappa shape index (κ2) is 6.28. The SMILES string of the molecule is CNC(c1ccc(C)cc1)C(C)N1CCCC(C)(C)C1. The van der Waals surface area contributed by atoms with Crippen molar-refractivity contribution in [2.45, 2.75) is 52.6 Å². The van der Waals surface area contributed by atoms with Crippen molar-refractivity contribution in [1.29, 1.82) is 0 Å². The second-order valence-electron chi connectivity index (χ2n) is 7.16. The molecule has 2 atom stereocenters. The third kappa shape index (κ3) is 3.62. The van der Waals surface area contributed by atoms with E-state index in [2.05, 4.69) is 69.2 Å². The molecule has 0 spiro atoms. The van der Waals surface area contributed by atoms with Crippen LogP contribution in [0.5, 0.6) is 0 Å². The van der Waals surface area contributed by atoms with Gasteiger partial charge in [0.05, 0.1) is 0 Å². The predicted molar refractivity (Wildman–Crippen MR) is 87.0 cm³/mol. The maximum atomic E-state index is 3.52. The molecule has 0 aromatic heterocycles. The van der Waals surface area contributed by atoms with Crippen LogP contribution < -0.4 is 5.32 Å². The summed E-state index contributed by atoms with van der Waals surface area (Å²) in [4.78, 5) is 2.66. The van der Waals surface area contributed by atoms with Crippen LogP contribution in [0.15, 0.2) is 24.3 Å². The Morgan fingerprint density at radius 1 is 1.20 bits per heavy atom. The van der Waals surface area contributed by atoms with Gasteiger partial charge in [-0.15, -0.1) is 0 Å². The fourth-order valence-corrected chi connectivity index (χ4v) is 3.49. The molecule has 0 bridgehead atoms. The van der Waals surface area contributed by atoms with Gasteiger partial charge in [-0.1, -0.05) is 43.7 Å². The maximum absolute atomic E-state index is 3.52. The Kier molecular flexibility index (Phi) is 4.87. The van der Waals surface area contributed by atoms with E-state index in [0.29, 0.717) is 17.5 Å². The summed E-state index contributed by atoms with van der Waals surface area (Å²) in [5.41, 5.74) is 3.18. The van der Waals surface area contributed by atoms with E-state index < -0.39 is 0 Å². The number of hydrogen-bond acceptors (Lipinski definition) is 2. The summed E-state index contributed by atoms with van der Waals surface area (Å²) in [5, 5.41) is 3.52. The number of rotatable bonds is 4. The number of benzene rings is 1. The van der Waals surface area contributed by atoms with Gasteiger partial charge in [0.2, 0.25) is 0 Å². The second-order valence-corrected chi connectivity index (χ2v) is 7.16. The molecule has 1 N–H and O–H groups in total. The van der Waals surface area contributed by atoms with Crippen LogP contribution in [0.3, 0.4) is 0 Å². The van der Waals surface area contributed by atoms with Crippen molar-refractivity contribution in [3.8, 4) is 0 Å². The monoisotopic (exact) mass is 274 g/mol. The first-order valence-corrected chi connectivity index (χ1v) is 7.91. The highest BCUT2D eigenvalue weighted by Crippen LogP contribution is 2.32. The molecule has 2 unspecified atom stereocenters. The summed E-state index contributed by atoms with van der Waals surface area (Å²) < 4.78 is 0. The minimum absolute atomic E-state index is 0.407. The lowest BCUT2D eigenvalue weighted by Crippen LogP contribution is -2.49. The van der Waals surface area contributed by atoms with Gasteiger partial charge in [-0.2, -0.15) is 0 Å². The van der Waals surface area contributed by atoms with Crippen LogP contribution >= 0.6 is 0 Å². The van der Waals surface area contributed by atoms with E-state index in [-0.39, 0.29) is 0 Å². The number of nitrogens with one attached hydrogen (secondary N) is 1. The first-order chi connectivity index (χ1) is 9.43. The van der Waals surface area contributed by atoms with Crippen LogP contribution in [0.25, 0.3) is 0 Å². The molecular formula is C18H30N2. The lowest BCUT2D eigenvalue weighted by molar-refractivity contribution is 0.0693. The summed E-state index contributed by atoms with van der Waals surface area (Å²) >= 11 is 0. The van der Waals surface area contributed by atoms with Gasteiger partial charge in [0.1, 0.15) is 0 Å². The van der Waals surface area contributed by atoms with Gasteiger partial charge in [0.15, 0.2) is 0 Å². The van der Waals surface area contributed by atoms with Gasteiger partial charge >= 0.3 is 0 Å². The fourth-order valence-electron chi connectivity index (χ4n) is 3.49. The number of piperidine rings is 1. The summed E-state index contributed by atoms with van der Waals surface area (Å²) in [5.74, 6) is 0. The molecule has 2 nitrogen and oxygen atoms in total. The van der Waals surface area contributed by atoms with Gasteiger partial charge < -0.3 is 5.32 Å². The third-order valence-corrected chi connectivity index (χ3v) is 4.74. The molecule has 112 valence electrons. The van der Waals surface area contributed by atoms with E-state index in [1.165, 1.54) is 37.1 Å². The van der Waals surface area contributed by atoms with E-state index in [0.717, 1.165) is 0 Å². The normalized spacial score (nSPS) is 22.4. The zero-order valence-electron chi connectivity index (χ0n) is 13.7. The molecule has 20 heavy (non-hydrogen) atoms. The standard InChI is InChI=1S/C18H30N2/c1-14-7-9-16(10-8-14)17(19-5)15(2)20-12-6-11-18(3,4)13-20/h7-10,15,17,19H,6,11-13H2,1-5H3. The topological polar surface area (TPSA) is 15.3 Å². The first kappa shape index (κ1) is 15.5. The highest BCUT2D eigenvalue weighted by atomic mass is 15.2. The molecule has 2 heteroatoms. The average Bonchev–Trinajstić information content (AvgIpc) is 2.40. The number of hydrogen-bond donors (Lipinski definition) is 1. The molecule has 0 radical (unpaired) electrons. The zero-order valence-corrected chi connectivity index (χ0v) is 13.7. The van der Waals surface area contributed by atoms with Crippen molar-refractivity contribution in [3.05, 3.63) is 35.4 Å². The summed E-state index contributed by atoms with van der Waals surface area (Å²) in [6, 6.07) is 9.90. The van der Waals surface area contributed by atoms with Crippen LogP contribution in [0, 0.1) is 12.3 Å². The van der Waals surface area contributed by atoms with Crippen molar-refractivity contribution in [1.82, 2.24) is 10.2 Å². The maximum Gasteiger partial charge on any atom is 0.0473 e. The summed E-state index contributed by atoms with van der Waals surface area (Å²) in [6.07, 6.45) is 2.67. The molecule has 1 saturated heterocycles. The van der Waals surface area contributed by atoms with Crippen LogP contribution in [0.2, 0.25) is 0 Å². The van der Waals surface area contributed by atoms with Crippen LogP contribution in [0.4, 0.5) is 0 Å². The average molecular weight is 274 g/mol. The summed E-state index contributed by atoms with van der Waals surface area (Å²) in [6.45, 7) is 11.7. The third-order valence-electron chi connectivity index (χ3n) is 4.74. The van der Waals surface area contributed by atoms with E-state index in [9.17, 15) is 0 Å². The van der Waals surface area contributed by atoms with E-state index >= 15 is 0 Å². The number of likely N-dealkylation sites (tertiary alicyclic amines) is 1. The Labute approximate surface area is 124 Å². The first-order valence-electron chi connectivity index (χ1n) is 7.91. The molecule has 1 aliphatic heterocycles. The smallest absolute Gasteiger partial charge is 0.0473 e. The van der Waals surface area contributed by atoms with Gasteiger partial charge in [-0.25, -0.2) is 0 Å². The molecule has 1 fully saturated rings. The Balaban J connectivity index is 2.12. The molecule has 0 amide bonds. The van der Waals surface area contributed by atoms with Gasteiger partial charge in [0.25, 0.3) is 0 Å². The molecule has 0 saturated carbocycles. The Hall–Kier alpha value is -0.860. The van der Waals surface area contributed by atoms with E-state index in [4.69, 9.17) is 0 Å². The zero-order chi connectivity index (χ0) is 14.8. The largest absolute Gasteiger partial charge is 0.312 e. The minimum Gasteiger partial charge on any atom is -0.312 e. The van der Waals surface area contributed by atoms with E-state index in [1.807, 2.05) is 0 Å². The summed E-state index contributed by atoms with van der Waals surface area (Å²) in [7, 11) is 2.08. The number of likely N-dealkylation sites (N-methyl/N-ethyl adjacent to an activating group) is 1. The van der Waals surface area contributed by atoms with Crippen molar-refractivity contribution < 1.29 is 0 Å². The number of aryl methyl sites for hydroxylation is 1. The van der Waals surface area contributed by atoms with Gasteiger partial charge in [-0.3, -0.25) is 4.90 Å². The molecule has 1 aromatic rings. The lowest BCUT2D eigenvalue weighted by Gasteiger charge is -2.43. The van der Waals surface area contributed by atoms with E-state index in [1.54, 1.807) is 0 Å². The van der Waals surface area contributed by atoms with Crippen molar-refractivity contribution in [2.75, 3.05) is 20.1 Å². The molecule has 1 aliphatic rings. The Bertz CT molecular complexity index is 422. The van der Waals surface area contributed by atoms with Gasteiger partial charge in [0, 0.05) is 18.6 Å². The van der Waals surface area contributed by atoms with Crippen LogP contribution in [-0.4, -0.2) is 31.1 Å². The Morgan fingerprint density at radius 3 is 2.40 bits per heavy atom. The molecule has 1 aromatic carbocycles. The molecule has 1 heterocycles. The molecule has 0 aliphatic carbocycles. The number of nitrogens with zero attached hydrogens (tertiary/aromatic N) is 1. The predicted octanol–water partition coefficient (Wildman–Crippen LogP) is 3.77. The van der Waals surface area contributed by atoms with Gasteiger partial charge in [-0.05, 0) is 51.3 Å². The van der Waals surface area contributed by atoms with Crippen molar-refractivity contribution in [3.63, 3.8) is 0 Å². The van der Waals surface area contributed by atoms with Crippen molar-refractivity contribution in [2.24, 2.45) is 5.41 Å². The Morgan fingerprint density at radius 2 is 1.85 bits per heavy atom. The molecular weight excluding hydrogens is 244 g/mol. The highest BCUT2D eigenvalue weighted by molar-refractivity contribution is 5.25. The quantitative estimate of drug-likeness (QED) is 0.899. The lowest BCUT2D eigenvalue weighted by atomic mass is 9.83. The van der Waals surface area contributed by atoms with Crippen molar-refractivity contribution >= 4 is 0 Å². The minimum atomic E-state index is 0.407. The fraction of sp³-hybridized carbons (Fsp3) is 0.667.